The second kappa shape index (κ2) is 5.87. The maximum absolute atomic E-state index is 12.1. The lowest BCUT2D eigenvalue weighted by Crippen LogP contribution is -2.12. The molecule has 6 heteroatoms. The Morgan fingerprint density at radius 1 is 1.05 bits per heavy atom. The molecule has 0 fully saturated rings. The molecule has 0 aliphatic rings. The number of hydrogen-bond donors (Lipinski definition) is 2. The molecule has 2 aromatic carbocycles. The summed E-state index contributed by atoms with van der Waals surface area (Å²) in [6.07, 6.45) is 1.32. The molecular formula is C15H12N4O2. The number of carbonyl (C=O) groups excluding carboxylic acids is 1. The molecule has 0 radical (unpaired) electrons. The Kier molecular flexibility index (Phi) is 3.60. The first-order valence-electron chi connectivity index (χ1n) is 6.31. The van der Waals surface area contributed by atoms with Crippen molar-refractivity contribution in [1.29, 1.82) is 0 Å². The number of amides is 1. The van der Waals surface area contributed by atoms with E-state index < -0.39 is 0 Å². The van der Waals surface area contributed by atoms with E-state index in [0.29, 0.717) is 23.0 Å². The highest BCUT2D eigenvalue weighted by atomic mass is 16.5. The second-order valence-electron chi connectivity index (χ2n) is 4.23. The largest absolute Gasteiger partial charge is 0.457 e. The van der Waals surface area contributed by atoms with Crippen LogP contribution < -0.4 is 10.1 Å². The van der Waals surface area contributed by atoms with Gasteiger partial charge in [0.25, 0.3) is 5.91 Å². The van der Waals surface area contributed by atoms with Gasteiger partial charge in [-0.2, -0.15) is 10.1 Å². The lowest BCUT2D eigenvalue weighted by atomic mass is 10.2. The fourth-order valence-electron chi connectivity index (χ4n) is 1.77. The van der Waals surface area contributed by atoms with Crippen LogP contribution in [0, 0.1) is 0 Å². The second-order valence-corrected chi connectivity index (χ2v) is 4.23. The Hall–Kier alpha value is -3.15. The molecule has 1 heterocycles. The van der Waals surface area contributed by atoms with Crippen molar-refractivity contribution in [2.45, 2.75) is 0 Å². The normalized spacial score (nSPS) is 10.1. The lowest BCUT2D eigenvalue weighted by molar-refractivity contribution is 0.102. The Morgan fingerprint density at radius 2 is 1.86 bits per heavy atom. The zero-order chi connectivity index (χ0) is 14.5. The summed E-state index contributed by atoms with van der Waals surface area (Å²) < 4.78 is 5.69. The van der Waals surface area contributed by atoms with E-state index in [4.69, 9.17) is 4.74 Å². The maximum Gasteiger partial charge on any atom is 0.258 e. The Balaban J connectivity index is 1.75. The van der Waals surface area contributed by atoms with Gasteiger partial charge in [0.2, 0.25) is 5.95 Å². The molecule has 3 aromatic rings. The average Bonchev–Trinajstić information content (AvgIpc) is 3.01. The van der Waals surface area contributed by atoms with E-state index in [-0.39, 0.29) is 5.91 Å². The fraction of sp³-hybridized carbons (Fsp3) is 0. The molecule has 2 N–H and O–H groups in total. The molecule has 21 heavy (non-hydrogen) atoms. The quantitative estimate of drug-likeness (QED) is 0.770. The van der Waals surface area contributed by atoms with E-state index in [9.17, 15) is 4.79 Å². The van der Waals surface area contributed by atoms with Crippen molar-refractivity contribution < 1.29 is 9.53 Å². The maximum atomic E-state index is 12.1. The zero-order valence-electron chi connectivity index (χ0n) is 11.0. The minimum Gasteiger partial charge on any atom is -0.457 e. The number of H-pyrrole nitrogens is 1. The zero-order valence-corrected chi connectivity index (χ0v) is 11.0. The van der Waals surface area contributed by atoms with E-state index in [1.165, 1.54) is 6.33 Å². The monoisotopic (exact) mass is 280 g/mol. The highest BCUT2D eigenvalue weighted by Gasteiger charge is 2.09. The Labute approximate surface area is 120 Å². The number of nitrogens with zero attached hydrogens (tertiary/aromatic N) is 2. The van der Waals surface area contributed by atoms with Crippen molar-refractivity contribution in [1.82, 2.24) is 15.2 Å². The van der Waals surface area contributed by atoms with Crippen LogP contribution in [0.2, 0.25) is 0 Å². The molecule has 104 valence electrons. The number of aromatic nitrogens is 3. The minimum atomic E-state index is -0.287. The van der Waals surface area contributed by atoms with Crippen LogP contribution in [0.5, 0.6) is 11.5 Å². The predicted molar refractivity (Wildman–Crippen MR) is 77.3 cm³/mol. The minimum absolute atomic E-state index is 0.287. The first-order chi connectivity index (χ1) is 10.3. The SMILES string of the molecule is O=C(Nc1ncn[nH]1)c1cccc(Oc2ccccc2)c1. The molecule has 0 unspecified atom stereocenters. The average molecular weight is 280 g/mol. The summed E-state index contributed by atoms with van der Waals surface area (Å²) in [4.78, 5) is 15.9. The number of aromatic amines is 1. The molecule has 0 aliphatic heterocycles. The van der Waals surface area contributed by atoms with Gasteiger partial charge < -0.3 is 4.74 Å². The number of para-hydroxylation sites is 1. The van der Waals surface area contributed by atoms with Crippen LogP contribution in [0.4, 0.5) is 5.95 Å². The van der Waals surface area contributed by atoms with Crippen molar-refractivity contribution in [3.63, 3.8) is 0 Å². The molecule has 0 atom stereocenters. The molecule has 0 bridgehead atoms. The summed E-state index contributed by atoms with van der Waals surface area (Å²) in [6.45, 7) is 0. The third kappa shape index (κ3) is 3.24. The standard InChI is InChI=1S/C15H12N4O2/c20-14(18-15-16-10-17-19-15)11-5-4-8-13(9-11)21-12-6-2-1-3-7-12/h1-10H,(H2,16,17,18,19,20). The van der Waals surface area contributed by atoms with Crippen LogP contribution in [-0.4, -0.2) is 21.1 Å². The first kappa shape index (κ1) is 12.9. The fourth-order valence-corrected chi connectivity index (χ4v) is 1.77. The number of nitrogens with one attached hydrogen (secondary N) is 2. The first-order valence-corrected chi connectivity index (χ1v) is 6.31. The van der Waals surface area contributed by atoms with Crippen LogP contribution >= 0.6 is 0 Å². The van der Waals surface area contributed by atoms with Gasteiger partial charge in [-0.15, -0.1) is 0 Å². The van der Waals surface area contributed by atoms with Gasteiger partial charge in [-0.3, -0.25) is 10.1 Å². The van der Waals surface area contributed by atoms with Gasteiger partial charge >= 0.3 is 0 Å². The molecule has 3 rings (SSSR count). The van der Waals surface area contributed by atoms with Crippen LogP contribution in [0.25, 0.3) is 0 Å². The van der Waals surface area contributed by atoms with E-state index in [2.05, 4.69) is 20.5 Å². The summed E-state index contributed by atoms with van der Waals surface area (Å²) in [5.74, 6) is 1.32. The topological polar surface area (TPSA) is 79.9 Å². The summed E-state index contributed by atoms with van der Waals surface area (Å²) in [7, 11) is 0. The van der Waals surface area contributed by atoms with Crippen LogP contribution in [0.1, 0.15) is 10.4 Å². The highest BCUT2D eigenvalue weighted by molar-refractivity contribution is 6.03. The van der Waals surface area contributed by atoms with Gasteiger partial charge in [-0.1, -0.05) is 24.3 Å². The van der Waals surface area contributed by atoms with Gasteiger partial charge in [0.1, 0.15) is 17.8 Å². The Morgan fingerprint density at radius 3 is 2.62 bits per heavy atom. The van der Waals surface area contributed by atoms with Gasteiger partial charge in [0, 0.05) is 5.56 Å². The number of benzene rings is 2. The van der Waals surface area contributed by atoms with E-state index in [0.717, 1.165) is 0 Å². The number of anilines is 1. The van der Waals surface area contributed by atoms with E-state index in [1.807, 2.05) is 30.3 Å². The lowest BCUT2D eigenvalue weighted by Gasteiger charge is -2.07. The van der Waals surface area contributed by atoms with E-state index in [1.54, 1.807) is 24.3 Å². The molecule has 0 saturated heterocycles. The number of carbonyl (C=O) groups is 1. The predicted octanol–water partition coefficient (Wildman–Crippen LogP) is 2.85. The molecule has 1 aromatic heterocycles. The van der Waals surface area contributed by atoms with Crippen molar-refractivity contribution in [2.24, 2.45) is 0 Å². The number of ether oxygens (including phenoxy) is 1. The highest BCUT2D eigenvalue weighted by Crippen LogP contribution is 2.22. The third-order valence-corrected chi connectivity index (χ3v) is 2.72. The van der Waals surface area contributed by atoms with Crippen LogP contribution in [0.15, 0.2) is 60.9 Å². The summed E-state index contributed by atoms with van der Waals surface area (Å²) >= 11 is 0. The number of hydrogen-bond acceptors (Lipinski definition) is 4. The Bertz CT molecular complexity index is 726. The van der Waals surface area contributed by atoms with Crippen molar-refractivity contribution in [3.05, 3.63) is 66.5 Å². The number of rotatable bonds is 4. The van der Waals surface area contributed by atoms with Crippen molar-refractivity contribution in [2.75, 3.05) is 5.32 Å². The van der Waals surface area contributed by atoms with Gasteiger partial charge in [0.05, 0.1) is 0 Å². The molecule has 0 saturated carbocycles. The summed E-state index contributed by atoms with van der Waals surface area (Å²) in [6, 6.07) is 16.3. The van der Waals surface area contributed by atoms with Gasteiger partial charge in [-0.25, -0.2) is 5.10 Å². The molecule has 0 spiro atoms. The van der Waals surface area contributed by atoms with Crippen LogP contribution in [0.3, 0.4) is 0 Å². The summed E-state index contributed by atoms with van der Waals surface area (Å²) in [5.41, 5.74) is 0.472. The van der Waals surface area contributed by atoms with Gasteiger partial charge in [-0.05, 0) is 30.3 Å². The molecular weight excluding hydrogens is 268 g/mol. The van der Waals surface area contributed by atoms with Crippen LogP contribution in [-0.2, 0) is 0 Å². The third-order valence-electron chi connectivity index (χ3n) is 2.72. The smallest absolute Gasteiger partial charge is 0.258 e. The summed E-state index contributed by atoms with van der Waals surface area (Å²) in [5, 5.41) is 8.84. The molecule has 6 nitrogen and oxygen atoms in total. The van der Waals surface area contributed by atoms with Crippen molar-refractivity contribution in [3.8, 4) is 11.5 Å². The molecule has 0 aliphatic carbocycles. The van der Waals surface area contributed by atoms with Gasteiger partial charge in [0.15, 0.2) is 0 Å². The molecule has 1 amide bonds. The van der Waals surface area contributed by atoms with E-state index >= 15 is 0 Å². The van der Waals surface area contributed by atoms with Crippen molar-refractivity contribution >= 4 is 11.9 Å².